The third kappa shape index (κ3) is 2.38. The molecule has 0 atom stereocenters. The summed E-state index contributed by atoms with van der Waals surface area (Å²) in [6.45, 7) is 1.85. The molecular formula is C13H11FN4. The molecule has 0 aliphatic carbocycles. The predicted molar refractivity (Wildman–Crippen MR) is 67.8 cm³/mol. The summed E-state index contributed by atoms with van der Waals surface area (Å²) in [7, 11) is 0. The predicted octanol–water partition coefficient (Wildman–Crippen LogP) is 2.73. The Hall–Kier alpha value is -2.61. The SMILES string of the molecule is Cc1ccc(F)cc1Nc1ncc(C#N)cc1N. The number of nitrogens with two attached hydrogens (primary N) is 1. The molecule has 0 spiro atoms. The van der Waals surface area contributed by atoms with Crippen molar-refractivity contribution in [2.75, 3.05) is 11.1 Å². The van der Waals surface area contributed by atoms with Gasteiger partial charge in [-0.2, -0.15) is 5.26 Å². The number of benzene rings is 1. The van der Waals surface area contributed by atoms with Crippen molar-refractivity contribution in [2.45, 2.75) is 6.92 Å². The highest BCUT2D eigenvalue weighted by Crippen LogP contribution is 2.24. The third-order valence-electron chi connectivity index (χ3n) is 2.50. The minimum absolute atomic E-state index is 0.338. The normalized spacial score (nSPS) is 9.83. The van der Waals surface area contributed by atoms with Crippen LogP contribution in [-0.2, 0) is 0 Å². The van der Waals surface area contributed by atoms with E-state index in [4.69, 9.17) is 11.0 Å². The maximum absolute atomic E-state index is 13.1. The fraction of sp³-hybridized carbons (Fsp3) is 0.0769. The van der Waals surface area contributed by atoms with E-state index in [9.17, 15) is 4.39 Å². The lowest BCUT2D eigenvalue weighted by molar-refractivity contribution is 0.628. The van der Waals surface area contributed by atoms with Crippen LogP contribution in [0.2, 0.25) is 0 Å². The lowest BCUT2D eigenvalue weighted by atomic mass is 10.2. The molecule has 90 valence electrons. The molecule has 0 fully saturated rings. The van der Waals surface area contributed by atoms with Crippen molar-refractivity contribution in [3.8, 4) is 6.07 Å². The smallest absolute Gasteiger partial charge is 0.153 e. The average molecular weight is 242 g/mol. The highest BCUT2D eigenvalue weighted by Gasteiger charge is 2.05. The summed E-state index contributed by atoms with van der Waals surface area (Å²) < 4.78 is 13.1. The van der Waals surface area contributed by atoms with E-state index in [-0.39, 0.29) is 5.82 Å². The van der Waals surface area contributed by atoms with Gasteiger partial charge in [-0.25, -0.2) is 9.37 Å². The van der Waals surface area contributed by atoms with E-state index in [2.05, 4.69) is 10.3 Å². The third-order valence-corrected chi connectivity index (χ3v) is 2.50. The molecule has 1 aromatic carbocycles. The van der Waals surface area contributed by atoms with Crippen molar-refractivity contribution < 1.29 is 4.39 Å². The Morgan fingerprint density at radius 2 is 2.17 bits per heavy atom. The molecular weight excluding hydrogens is 231 g/mol. The van der Waals surface area contributed by atoms with Crippen LogP contribution in [0, 0.1) is 24.1 Å². The number of halogens is 1. The second-order valence-electron chi connectivity index (χ2n) is 3.86. The molecule has 0 bridgehead atoms. The van der Waals surface area contributed by atoms with Crippen LogP contribution < -0.4 is 11.1 Å². The summed E-state index contributed by atoms with van der Waals surface area (Å²) in [5.74, 6) is 0.0676. The topological polar surface area (TPSA) is 74.7 Å². The van der Waals surface area contributed by atoms with E-state index in [0.29, 0.717) is 22.8 Å². The second kappa shape index (κ2) is 4.72. The molecule has 3 N–H and O–H groups in total. The first kappa shape index (κ1) is 11.9. The summed E-state index contributed by atoms with van der Waals surface area (Å²) in [5.41, 5.74) is 7.96. The van der Waals surface area contributed by atoms with Gasteiger partial charge >= 0.3 is 0 Å². The van der Waals surface area contributed by atoms with Crippen molar-refractivity contribution in [2.24, 2.45) is 0 Å². The number of nitrogens with zero attached hydrogens (tertiary/aromatic N) is 2. The Bertz CT molecular complexity index is 631. The van der Waals surface area contributed by atoms with Crippen LogP contribution >= 0.6 is 0 Å². The summed E-state index contributed by atoms with van der Waals surface area (Å²) in [4.78, 5) is 4.03. The quantitative estimate of drug-likeness (QED) is 0.849. The molecule has 0 aliphatic rings. The van der Waals surface area contributed by atoms with E-state index >= 15 is 0 Å². The maximum atomic E-state index is 13.1. The number of anilines is 3. The van der Waals surface area contributed by atoms with E-state index in [1.165, 1.54) is 24.4 Å². The van der Waals surface area contributed by atoms with Gasteiger partial charge in [-0.3, -0.25) is 0 Å². The van der Waals surface area contributed by atoms with Gasteiger partial charge in [-0.1, -0.05) is 6.07 Å². The molecule has 0 amide bonds. The van der Waals surface area contributed by atoms with E-state index in [1.54, 1.807) is 6.07 Å². The molecule has 0 saturated carbocycles. The first-order chi connectivity index (χ1) is 8.60. The zero-order chi connectivity index (χ0) is 13.1. The van der Waals surface area contributed by atoms with Crippen molar-refractivity contribution in [3.05, 3.63) is 47.4 Å². The highest BCUT2D eigenvalue weighted by atomic mass is 19.1. The van der Waals surface area contributed by atoms with E-state index in [0.717, 1.165) is 5.56 Å². The van der Waals surface area contributed by atoms with Crippen molar-refractivity contribution in [1.82, 2.24) is 4.98 Å². The average Bonchev–Trinajstić information content (AvgIpc) is 2.36. The van der Waals surface area contributed by atoms with Gasteiger partial charge in [0.15, 0.2) is 5.82 Å². The number of rotatable bonds is 2. The van der Waals surface area contributed by atoms with Crippen LogP contribution in [0.25, 0.3) is 0 Å². The molecule has 18 heavy (non-hydrogen) atoms. The van der Waals surface area contributed by atoms with Crippen LogP contribution in [0.15, 0.2) is 30.5 Å². The monoisotopic (exact) mass is 242 g/mol. The van der Waals surface area contributed by atoms with Crippen LogP contribution in [0.1, 0.15) is 11.1 Å². The molecule has 4 nitrogen and oxygen atoms in total. The van der Waals surface area contributed by atoms with Gasteiger partial charge < -0.3 is 11.1 Å². The van der Waals surface area contributed by atoms with Gasteiger partial charge in [-0.05, 0) is 30.7 Å². The molecule has 0 saturated heterocycles. The molecule has 5 heteroatoms. The summed E-state index contributed by atoms with van der Waals surface area (Å²) in [6, 6.07) is 7.89. The van der Waals surface area contributed by atoms with Crippen LogP contribution in [0.4, 0.5) is 21.6 Å². The van der Waals surface area contributed by atoms with Gasteiger partial charge in [0.05, 0.1) is 11.3 Å². The molecule has 0 radical (unpaired) electrons. The number of aryl methyl sites for hydroxylation is 1. The lowest BCUT2D eigenvalue weighted by Gasteiger charge is -2.10. The zero-order valence-corrected chi connectivity index (χ0v) is 9.74. The first-order valence-electron chi connectivity index (χ1n) is 5.29. The fourth-order valence-electron chi connectivity index (χ4n) is 1.50. The number of hydrogen-bond acceptors (Lipinski definition) is 4. The number of nitrogen functional groups attached to an aromatic ring is 1. The second-order valence-corrected chi connectivity index (χ2v) is 3.86. The molecule has 0 aliphatic heterocycles. The van der Waals surface area contributed by atoms with Crippen molar-refractivity contribution in [1.29, 1.82) is 5.26 Å². The highest BCUT2D eigenvalue weighted by molar-refractivity contribution is 5.71. The lowest BCUT2D eigenvalue weighted by Crippen LogP contribution is -2.01. The number of nitrogens with one attached hydrogen (secondary N) is 1. The van der Waals surface area contributed by atoms with Gasteiger partial charge in [0.25, 0.3) is 0 Å². The summed E-state index contributed by atoms with van der Waals surface area (Å²) in [5, 5.41) is 11.7. The molecule has 2 aromatic rings. The largest absolute Gasteiger partial charge is 0.396 e. The van der Waals surface area contributed by atoms with E-state index in [1.807, 2.05) is 13.0 Å². The minimum atomic E-state index is -0.338. The Balaban J connectivity index is 2.34. The van der Waals surface area contributed by atoms with E-state index < -0.39 is 0 Å². The molecule has 1 aromatic heterocycles. The number of nitriles is 1. The Morgan fingerprint density at radius 3 is 2.83 bits per heavy atom. The van der Waals surface area contributed by atoms with Gasteiger partial charge in [0, 0.05) is 11.9 Å². The molecule has 2 rings (SSSR count). The van der Waals surface area contributed by atoms with Crippen LogP contribution in [0.5, 0.6) is 0 Å². The standard InChI is InChI=1S/C13H11FN4/c1-8-2-3-10(14)5-12(8)18-13-11(16)4-9(6-15)7-17-13/h2-5,7H,16H2,1H3,(H,17,18). The fourth-order valence-corrected chi connectivity index (χ4v) is 1.50. The number of pyridine rings is 1. The zero-order valence-electron chi connectivity index (χ0n) is 9.74. The van der Waals surface area contributed by atoms with Gasteiger partial charge in [0.1, 0.15) is 11.9 Å². The summed E-state index contributed by atoms with van der Waals surface area (Å²) in [6.07, 6.45) is 1.41. The maximum Gasteiger partial charge on any atom is 0.153 e. The Morgan fingerprint density at radius 1 is 1.39 bits per heavy atom. The number of aromatic nitrogens is 1. The molecule has 1 heterocycles. The number of hydrogen-bond donors (Lipinski definition) is 2. The van der Waals surface area contributed by atoms with Gasteiger partial charge in [0.2, 0.25) is 0 Å². The van der Waals surface area contributed by atoms with Crippen LogP contribution in [-0.4, -0.2) is 4.98 Å². The van der Waals surface area contributed by atoms with Crippen molar-refractivity contribution >= 4 is 17.2 Å². The Kier molecular flexibility index (Phi) is 3.11. The van der Waals surface area contributed by atoms with Crippen LogP contribution in [0.3, 0.4) is 0 Å². The first-order valence-corrected chi connectivity index (χ1v) is 5.29. The summed E-state index contributed by atoms with van der Waals surface area (Å²) >= 11 is 0. The van der Waals surface area contributed by atoms with Gasteiger partial charge in [-0.15, -0.1) is 0 Å². The molecule has 0 unspecified atom stereocenters. The van der Waals surface area contributed by atoms with Crippen molar-refractivity contribution in [3.63, 3.8) is 0 Å². The Labute approximate surface area is 104 Å². The minimum Gasteiger partial charge on any atom is -0.396 e.